The Morgan fingerprint density at radius 1 is 1.35 bits per heavy atom. The second kappa shape index (κ2) is 6.33. The summed E-state index contributed by atoms with van der Waals surface area (Å²) >= 11 is 3.36. The molecule has 0 radical (unpaired) electrons. The van der Waals surface area contributed by atoms with Crippen LogP contribution < -0.4 is 11.1 Å². The van der Waals surface area contributed by atoms with E-state index >= 15 is 0 Å². The standard InChI is InChI=1S/C15H14BrFN6/c1-23-8-9(6-20-23)4-14-19-7-11(16)15(22-14)21-13-5-10(18)2-3-12(13)17/h2-3,5-8H,4,18H2,1H3,(H,19,21,22). The third-order valence-electron chi connectivity index (χ3n) is 3.16. The molecule has 3 N–H and O–H groups in total. The molecule has 8 heteroatoms. The van der Waals surface area contributed by atoms with Crippen LogP contribution in [0.3, 0.4) is 0 Å². The number of aryl methyl sites for hydroxylation is 1. The van der Waals surface area contributed by atoms with Gasteiger partial charge in [-0.3, -0.25) is 4.68 Å². The first-order chi connectivity index (χ1) is 11.0. The predicted molar refractivity (Wildman–Crippen MR) is 89.8 cm³/mol. The number of halogens is 2. The molecule has 0 fully saturated rings. The topological polar surface area (TPSA) is 81.7 Å². The van der Waals surface area contributed by atoms with Crippen molar-refractivity contribution in [2.75, 3.05) is 11.1 Å². The first-order valence-corrected chi connectivity index (χ1v) is 7.61. The monoisotopic (exact) mass is 376 g/mol. The van der Waals surface area contributed by atoms with Crippen molar-refractivity contribution in [3.8, 4) is 0 Å². The van der Waals surface area contributed by atoms with Gasteiger partial charge < -0.3 is 11.1 Å². The van der Waals surface area contributed by atoms with Crippen molar-refractivity contribution in [3.05, 3.63) is 58.5 Å². The van der Waals surface area contributed by atoms with Gasteiger partial charge in [0.1, 0.15) is 17.5 Å². The first-order valence-electron chi connectivity index (χ1n) is 6.82. The number of nitrogen functional groups attached to an aromatic ring is 1. The molecule has 2 aromatic heterocycles. The molecule has 0 atom stereocenters. The lowest BCUT2D eigenvalue weighted by Crippen LogP contribution is -2.03. The number of nitrogens with zero attached hydrogens (tertiary/aromatic N) is 4. The summed E-state index contributed by atoms with van der Waals surface area (Å²) in [7, 11) is 1.85. The van der Waals surface area contributed by atoms with E-state index in [4.69, 9.17) is 5.73 Å². The van der Waals surface area contributed by atoms with E-state index in [0.29, 0.717) is 28.2 Å². The fraction of sp³-hybridized carbons (Fsp3) is 0.133. The lowest BCUT2D eigenvalue weighted by Gasteiger charge is -2.10. The highest BCUT2D eigenvalue weighted by molar-refractivity contribution is 9.10. The second-order valence-electron chi connectivity index (χ2n) is 5.05. The molecular weight excluding hydrogens is 363 g/mol. The fourth-order valence-electron chi connectivity index (χ4n) is 2.09. The number of hydrogen-bond donors (Lipinski definition) is 2. The molecule has 0 saturated heterocycles. The average Bonchev–Trinajstić information content (AvgIpc) is 2.91. The van der Waals surface area contributed by atoms with Crippen LogP contribution in [0.5, 0.6) is 0 Å². The molecule has 0 aliphatic heterocycles. The molecule has 0 unspecified atom stereocenters. The van der Waals surface area contributed by atoms with Gasteiger partial charge in [-0.05, 0) is 39.7 Å². The molecule has 1 aromatic carbocycles. The van der Waals surface area contributed by atoms with Crippen molar-refractivity contribution < 1.29 is 4.39 Å². The van der Waals surface area contributed by atoms with Gasteiger partial charge in [0.05, 0.1) is 16.4 Å². The first kappa shape index (κ1) is 15.4. The zero-order valence-electron chi connectivity index (χ0n) is 12.3. The van der Waals surface area contributed by atoms with E-state index in [1.54, 1.807) is 17.1 Å². The Bertz CT molecular complexity index is 848. The summed E-state index contributed by atoms with van der Waals surface area (Å²) in [6.07, 6.45) is 5.83. The SMILES string of the molecule is Cn1cc(Cc2ncc(Br)c(Nc3cc(N)ccc3F)n2)cn1. The number of nitrogens with one attached hydrogen (secondary N) is 1. The highest BCUT2D eigenvalue weighted by Gasteiger charge is 2.10. The molecule has 23 heavy (non-hydrogen) atoms. The van der Waals surface area contributed by atoms with Crippen molar-refractivity contribution in [1.82, 2.24) is 19.7 Å². The summed E-state index contributed by atoms with van der Waals surface area (Å²) in [5.41, 5.74) is 7.42. The summed E-state index contributed by atoms with van der Waals surface area (Å²) in [6.45, 7) is 0. The van der Waals surface area contributed by atoms with Gasteiger partial charge in [0.25, 0.3) is 0 Å². The number of benzene rings is 1. The molecule has 3 aromatic rings. The number of hydrogen-bond acceptors (Lipinski definition) is 5. The molecule has 118 valence electrons. The largest absolute Gasteiger partial charge is 0.399 e. The van der Waals surface area contributed by atoms with Crippen LogP contribution in [0.25, 0.3) is 0 Å². The molecule has 2 heterocycles. The third kappa shape index (κ3) is 3.65. The van der Waals surface area contributed by atoms with Crippen molar-refractivity contribution in [2.45, 2.75) is 6.42 Å². The smallest absolute Gasteiger partial charge is 0.148 e. The van der Waals surface area contributed by atoms with Crippen LogP contribution in [-0.2, 0) is 13.5 Å². The predicted octanol–water partition coefficient (Wildman–Crippen LogP) is 3.03. The van der Waals surface area contributed by atoms with Crippen molar-refractivity contribution >= 4 is 33.1 Å². The summed E-state index contributed by atoms with van der Waals surface area (Å²) in [5, 5.41) is 7.05. The van der Waals surface area contributed by atoms with Crippen molar-refractivity contribution in [3.63, 3.8) is 0 Å². The quantitative estimate of drug-likeness (QED) is 0.683. The van der Waals surface area contributed by atoms with E-state index in [0.717, 1.165) is 5.56 Å². The molecule has 0 aliphatic rings. The van der Waals surface area contributed by atoms with Crippen LogP contribution in [0.1, 0.15) is 11.4 Å². The summed E-state index contributed by atoms with van der Waals surface area (Å²) in [6, 6.07) is 4.33. The molecule has 0 bridgehead atoms. The van der Waals surface area contributed by atoms with Crippen LogP contribution in [0.15, 0.2) is 41.3 Å². The number of rotatable bonds is 4. The van der Waals surface area contributed by atoms with Gasteiger partial charge in [-0.2, -0.15) is 5.10 Å². The number of nitrogens with two attached hydrogens (primary N) is 1. The Morgan fingerprint density at radius 3 is 2.91 bits per heavy atom. The van der Waals surface area contributed by atoms with Crippen molar-refractivity contribution in [1.29, 1.82) is 0 Å². The molecule has 0 spiro atoms. The molecule has 0 saturated carbocycles. The maximum absolute atomic E-state index is 13.8. The lowest BCUT2D eigenvalue weighted by atomic mass is 10.2. The Hall–Kier alpha value is -2.48. The number of aromatic nitrogens is 4. The zero-order valence-corrected chi connectivity index (χ0v) is 13.9. The molecule has 0 aliphatic carbocycles. The Labute approximate surface area is 140 Å². The highest BCUT2D eigenvalue weighted by Crippen LogP contribution is 2.26. The second-order valence-corrected chi connectivity index (χ2v) is 5.90. The number of anilines is 3. The van der Waals surface area contributed by atoms with E-state index in [1.807, 2.05) is 13.2 Å². The van der Waals surface area contributed by atoms with E-state index in [1.165, 1.54) is 18.2 Å². The van der Waals surface area contributed by atoms with Crippen LogP contribution in [-0.4, -0.2) is 19.7 Å². The summed E-state index contributed by atoms with van der Waals surface area (Å²) < 4.78 is 16.2. The van der Waals surface area contributed by atoms with Gasteiger partial charge in [0, 0.05) is 31.5 Å². The van der Waals surface area contributed by atoms with Gasteiger partial charge in [-0.25, -0.2) is 14.4 Å². The molecule has 3 rings (SSSR count). The summed E-state index contributed by atoms with van der Waals surface area (Å²) in [4.78, 5) is 8.70. The van der Waals surface area contributed by atoms with Gasteiger partial charge in [0.2, 0.25) is 0 Å². The van der Waals surface area contributed by atoms with E-state index in [2.05, 4.69) is 36.3 Å². The minimum absolute atomic E-state index is 0.261. The van der Waals surface area contributed by atoms with Crippen LogP contribution >= 0.6 is 15.9 Å². The normalized spacial score (nSPS) is 10.7. The third-order valence-corrected chi connectivity index (χ3v) is 3.74. The van der Waals surface area contributed by atoms with Gasteiger partial charge in [-0.15, -0.1) is 0 Å². The molecule has 6 nitrogen and oxygen atoms in total. The zero-order chi connectivity index (χ0) is 16.4. The van der Waals surface area contributed by atoms with E-state index in [9.17, 15) is 4.39 Å². The van der Waals surface area contributed by atoms with Crippen LogP contribution in [0.4, 0.5) is 21.6 Å². The van der Waals surface area contributed by atoms with Gasteiger partial charge in [0.15, 0.2) is 0 Å². The van der Waals surface area contributed by atoms with Crippen LogP contribution in [0.2, 0.25) is 0 Å². The van der Waals surface area contributed by atoms with E-state index in [-0.39, 0.29) is 5.69 Å². The fourth-order valence-corrected chi connectivity index (χ4v) is 2.38. The minimum Gasteiger partial charge on any atom is -0.399 e. The lowest BCUT2D eigenvalue weighted by molar-refractivity contribution is 0.632. The van der Waals surface area contributed by atoms with Crippen LogP contribution in [0, 0.1) is 5.82 Å². The average molecular weight is 377 g/mol. The Morgan fingerprint density at radius 2 is 2.17 bits per heavy atom. The van der Waals surface area contributed by atoms with Crippen molar-refractivity contribution in [2.24, 2.45) is 7.05 Å². The molecule has 0 amide bonds. The minimum atomic E-state index is -0.404. The molecular formula is C15H14BrFN6. The highest BCUT2D eigenvalue weighted by atomic mass is 79.9. The van der Waals surface area contributed by atoms with Gasteiger partial charge in [-0.1, -0.05) is 0 Å². The Balaban J connectivity index is 1.87. The summed E-state index contributed by atoms with van der Waals surface area (Å²) in [5.74, 6) is 0.676. The maximum atomic E-state index is 13.8. The Kier molecular flexibility index (Phi) is 4.24. The van der Waals surface area contributed by atoms with E-state index < -0.39 is 5.82 Å². The maximum Gasteiger partial charge on any atom is 0.148 e. The van der Waals surface area contributed by atoms with Gasteiger partial charge >= 0.3 is 0 Å².